The molecule has 0 unspecified atom stereocenters. The van der Waals surface area contributed by atoms with Crippen LogP contribution in [0.4, 0.5) is 0 Å². The highest BCUT2D eigenvalue weighted by Crippen LogP contribution is 2.16. The molecule has 1 heterocycles. The van der Waals surface area contributed by atoms with Crippen molar-refractivity contribution >= 4 is 5.91 Å². The molecule has 18 heavy (non-hydrogen) atoms. The van der Waals surface area contributed by atoms with Gasteiger partial charge in [-0.2, -0.15) is 0 Å². The van der Waals surface area contributed by atoms with Crippen LogP contribution in [0.2, 0.25) is 0 Å². The van der Waals surface area contributed by atoms with E-state index in [4.69, 9.17) is 5.84 Å². The molecule has 1 rings (SSSR count). The minimum atomic E-state index is -0.0621. The lowest BCUT2D eigenvalue weighted by Gasteiger charge is -2.31. The minimum absolute atomic E-state index is 0.0621. The normalized spacial score (nSPS) is 18.2. The second-order valence-electron chi connectivity index (χ2n) is 5.53. The Balaban J connectivity index is 2.03. The van der Waals surface area contributed by atoms with E-state index in [2.05, 4.69) is 29.3 Å². The topological polar surface area (TPSA) is 61.6 Å². The highest BCUT2D eigenvalue weighted by Gasteiger charge is 2.17. The molecule has 1 amide bonds. The van der Waals surface area contributed by atoms with Gasteiger partial charge in [-0.1, -0.05) is 0 Å². The van der Waals surface area contributed by atoms with Crippen LogP contribution in [-0.2, 0) is 4.79 Å². The van der Waals surface area contributed by atoms with Crippen molar-refractivity contribution in [1.29, 1.82) is 0 Å². The molecule has 0 aromatic carbocycles. The van der Waals surface area contributed by atoms with E-state index >= 15 is 0 Å². The zero-order chi connectivity index (χ0) is 13.4. The largest absolute Gasteiger partial charge is 0.306 e. The smallest absolute Gasteiger partial charge is 0.233 e. The number of piperidine rings is 1. The summed E-state index contributed by atoms with van der Waals surface area (Å²) in [6.45, 7) is 4.73. The lowest BCUT2D eigenvalue weighted by molar-refractivity contribution is -0.121. The van der Waals surface area contributed by atoms with Gasteiger partial charge in [0.2, 0.25) is 5.91 Å². The average Bonchev–Trinajstić information content (AvgIpc) is 2.37. The Morgan fingerprint density at radius 1 is 1.39 bits per heavy atom. The fourth-order valence-corrected chi connectivity index (χ4v) is 2.52. The number of hydrazine groups is 1. The quantitative estimate of drug-likeness (QED) is 0.300. The molecule has 0 bridgehead atoms. The molecule has 1 saturated heterocycles. The highest BCUT2D eigenvalue weighted by molar-refractivity contribution is 5.75. The number of hydrogen-bond acceptors (Lipinski definition) is 4. The maximum absolute atomic E-state index is 10.9. The molecule has 1 aliphatic heterocycles. The van der Waals surface area contributed by atoms with E-state index in [9.17, 15) is 4.79 Å². The highest BCUT2D eigenvalue weighted by atomic mass is 16.2. The van der Waals surface area contributed by atoms with Crippen molar-refractivity contribution in [2.24, 2.45) is 11.8 Å². The molecule has 0 aromatic rings. The third-order valence-corrected chi connectivity index (χ3v) is 3.76. The summed E-state index contributed by atoms with van der Waals surface area (Å²) >= 11 is 0. The second kappa shape index (κ2) is 8.45. The number of carbonyl (C=O) groups excluding carboxylic acids is 1. The van der Waals surface area contributed by atoms with Gasteiger partial charge in [-0.3, -0.25) is 10.2 Å². The first-order valence-corrected chi connectivity index (χ1v) is 6.98. The lowest BCUT2D eigenvalue weighted by atomic mass is 9.96. The maximum atomic E-state index is 10.9. The summed E-state index contributed by atoms with van der Waals surface area (Å²) in [7, 11) is 4.38. The van der Waals surface area contributed by atoms with E-state index in [-0.39, 0.29) is 5.91 Å². The number of nitrogens with zero attached hydrogens (tertiary/aromatic N) is 2. The number of rotatable bonds is 7. The number of carbonyl (C=O) groups is 1. The number of hydrogen-bond donors (Lipinski definition) is 2. The van der Waals surface area contributed by atoms with E-state index in [0.717, 1.165) is 25.3 Å². The van der Waals surface area contributed by atoms with Crippen molar-refractivity contribution in [1.82, 2.24) is 15.2 Å². The average molecular weight is 256 g/mol. The van der Waals surface area contributed by atoms with E-state index in [1.54, 1.807) is 0 Å². The third-order valence-electron chi connectivity index (χ3n) is 3.76. The van der Waals surface area contributed by atoms with E-state index in [1.807, 2.05) is 0 Å². The van der Waals surface area contributed by atoms with Crippen molar-refractivity contribution in [3.63, 3.8) is 0 Å². The van der Waals surface area contributed by atoms with Crippen molar-refractivity contribution in [2.75, 3.05) is 40.3 Å². The molecule has 5 heteroatoms. The zero-order valence-corrected chi connectivity index (χ0v) is 11.8. The second-order valence-corrected chi connectivity index (χ2v) is 5.53. The monoisotopic (exact) mass is 256 g/mol. The molecule has 5 nitrogen and oxygen atoms in total. The first-order chi connectivity index (χ1) is 8.61. The number of amides is 1. The molecule has 0 atom stereocenters. The van der Waals surface area contributed by atoms with Gasteiger partial charge in [-0.05, 0) is 65.3 Å². The van der Waals surface area contributed by atoms with Gasteiger partial charge in [0.05, 0.1) is 0 Å². The van der Waals surface area contributed by atoms with Gasteiger partial charge in [-0.25, -0.2) is 5.84 Å². The maximum Gasteiger partial charge on any atom is 0.233 e. The van der Waals surface area contributed by atoms with Crippen molar-refractivity contribution in [2.45, 2.75) is 32.1 Å². The van der Waals surface area contributed by atoms with Gasteiger partial charge < -0.3 is 9.80 Å². The fourth-order valence-electron chi connectivity index (χ4n) is 2.52. The van der Waals surface area contributed by atoms with Crippen LogP contribution in [0.3, 0.4) is 0 Å². The van der Waals surface area contributed by atoms with Gasteiger partial charge in [0.15, 0.2) is 0 Å². The first-order valence-electron chi connectivity index (χ1n) is 6.98. The van der Waals surface area contributed by atoms with Crippen LogP contribution < -0.4 is 11.3 Å². The standard InChI is InChI=1S/C13H28N4O/c1-16-9-6-12(7-10-16)11-17(2)8-4-3-5-13(18)15-14/h12H,3-11,14H2,1-2H3,(H,15,18). The van der Waals surface area contributed by atoms with Crippen molar-refractivity contribution in [3.8, 4) is 0 Å². The Bertz CT molecular complexity index is 239. The summed E-state index contributed by atoms with van der Waals surface area (Å²) in [6.07, 6.45) is 5.16. The summed E-state index contributed by atoms with van der Waals surface area (Å²) in [5, 5.41) is 0. The minimum Gasteiger partial charge on any atom is -0.306 e. The predicted molar refractivity (Wildman–Crippen MR) is 73.9 cm³/mol. The van der Waals surface area contributed by atoms with Crippen LogP contribution in [0.5, 0.6) is 0 Å². The Hall–Kier alpha value is -0.650. The summed E-state index contributed by atoms with van der Waals surface area (Å²) in [4.78, 5) is 15.8. The molecule has 0 aromatic heterocycles. The molecular formula is C13H28N4O. The zero-order valence-electron chi connectivity index (χ0n) is 11.8. The molecule has 3 N–H and O–H groups in total. The van der Waals surface area contributed by atoms with Crippen LogP contribution in [0, 0.1) is 5.92 Å². The van der Waals surface area contributed by atoms with Crippen LogP contribution in [-0.4, -0.2) is 56.0 Å². The van der Waals surface area contributed by atoms with Crippen molar-refractivity contribution in [3.05, 3.63) is 0 Å². The molecule has 1 aliphatic rings. The summed E-state index contributed by atoms with van der Waals surface area (Å²) in [5.74, 6) is 5.82. The molecule has 0 saturated carbocycles. The van der Waals surface area contributed by atoms with E-state index in [0.29, 0.717) is 6.42 Å². The molecule has 1 fully saturated rings. The van der Waals surface area contributed by atoms with E-state index < -0.39 is 0 Å². The Morgan fingerprint density at radius 2 is 2.06 bits per heavy atom. The van der Waals surface area contributed by atoms with Crippen LogP contribution in [0.15, 0.2) is 0 Å². The number of nitrogens with one attached hydrogen (secondary N) is 1. The van der Waals surface area contributed by atoms with Gasteiger partial charge in [0, 0.05) is 13.0 Å². The molecule has 0 radical (unpaired) electrons. The summed E-state index contributed by atoms with van der Waals surface area (Å²) in [5.41, 5.74) is 2.17. The van der Waals surface area contributed by atoms with Crippen molar-refractivity contribution < 1.29 is 4.79 Å². The lowest BCUT2D eigenvalue weighted by Crippen LogP contribution is -2.36. The summed E-state index contributed by atoms with van der Waals surface area (Å²) < 4.78 is 0. The van der Waals surface area contributed by atoms with Crippen LogP contribution in [0.1, 0.15) is 32.1 Å². The Morgan fingerprint density at radius 3 is 2.67 bits per heavy atom. The molecule has 0 spiro atoms. The van der Waals surface area contributed by atoms with Crippen LogP contribution >= 0.6 is 0 Å². The predicted octanol–water partition coefficient (Wildman–Crippen LogP) is 0.420. The van der Waals surface area contributed by atoms with Gasteiger partial charge in [0.25, 0.3) is 0 Å². The van der Waals surface area contributed by atoms with Crippen LogP contribution in [0.25, 0.3) is 0 Å². The molecule has 106 valence electrons. The molecular weight excluding hydrogens is 228 g/mol. The van der Waals surface area contributed by atoms with Gasteiger partial charge in [0.1, 0.15) is 0 Å². The molecule has 0 aliphatic carbocycles. The first kappa shape index (κ1) is 15.4. The SMILES string of the molecule is CN1CCC(CN(C)CCCCC(=O)NN)CC1. The van der Waals surface area contributed by atoms with Gasteiger partial charge in [-0.15, -0.1) is 0 Å². The van der Waals surface area contributed by atoms with Gasteiger partial charge >= 0.3 is 0 Å². The number of unbranched alkanes of at least 4 members (excludes halogenated alkanes) is 1. The van der Waals surface area contributed by atoms with E-state index in [1.165, 1.54) is 32.5 Å². The fraction of sp³-hybridized carbons (Fsp3) is 0.923. The summed E-state index contributed by atoms with van der Waals surface area (Å²) in [6, 6.07) is 0. The number of likely N-dealkylation sites (tertiary alicyclic amines) is 1. The Labute approximate surface area is 111 Å². The number of nitrogens with two attached hydrogens (primary N) is 1. The third kappa shape index (κ3) is 6.33. The Kier molecular flexibility index (Phi) is 7.23.